The molecule has 2 N–H and O–H groups in total. The van der Waals surface area contributed by atoms with Crippen molar-refractivity contribution in [3.05, 3.63) is 23.8 Å². The molecule has 1 aromatic carbocycles. The minimum atomic E-state index is -0.407. The van der Waals surface area contributed by atoms with Crippen molar-refractivity contribution < 1.29 is 4.79 Å². The van der Waals surface area contributed by atoms with E-state index in [1.165, 1.54) is 5.56 Å². The normalized spacial score (nSPS) is 18.2. The number of thioether (sulfide) groups is 1. The summed E-state index contributed by atoms with van der Waals surface area (Å²) in [7, 11) is 1.96. The van der Waals surface area contributed by atoms with Crippen molar-refractivity contribution in [3.8, 4) is 0 Å². The van der Waals surface area contributed by atoms with Crippen molar-refractivity contribution in [2.45, 2.75) is 42.9 Å². The Labute approximate surface area is 113 Å². The smallest absolute Gasteiger partial charge is 0.240 e. The van der Waals surface area contributed by atoms with Crippen LogP contribution in [0.3, 0.4) is 0 Å². The molecule has 3 nitrogen and oxygen atoms in total. The van der Waals surface area contributed by atoms with E-state index < -0.39 is 4.75 Å². The van der Waals surface area contributed by atoms with Crippen LogP contribution in [0.2, 0.25) is 0 Å². The van der Waals surface area contributed by atoms with E-state index in [2.05, 4.69) is 36.6 Å². The van der Waals surface area contributed by atoms with Crippen LogP contribution in [0.5, 0.6) is 0 Å². The lowest BCUT2D eigenvalue weighted by Crippen LogP contribution is -2.37. The van der Waals surface area contributed by atoms with Crippen LogP contribution in [-0.4, -0.2) is 17.7 Å². The molecule has 0 unspecified atom stereocenters. The number of carbonyl (C=O) groups excluding carboxylic acids is 1. The third-order valence-corrected chi connectivity index (χ3v) is 4.74. The summed E-state index contributed by atoms with van der Waals surface area (Å²) in [6.45, 7) is 8.19. The van der Waals surface area contributed by atoms with Gasteiger partial charge in [0.05, 0.1) is 10.4 Å². The summed E-state index contributed by atoms with van der Waals surface area (Å²) >= 11 is 1.62. The fourth-order valence-electron chi connectivity index (χ4n) is 1.84. The van der Waals surface area contributed by atoms with Gasteiger partial charge in [0, 0.05) is 10.4 Å². The monoisotopic (exact) mass is 264 g/mol. The van der Waals surface area contributed by atoms with Crippen molar-refractivity contribution in [2.75, 3.05) is 12.4 Å². The molecule has 0 atom stereocenters. The van der Waals surface area contributed by atoms with Gasteiger partial charge in [0.2, 0.25) is 5.91 Å². The lowest BCUT2D eigenvalue weighted by atomic mass is 9.94. The van der Waals surface area contributed by atoms with Gasteiger partial charge in [0.15, 0.2) is 0 Å². The van der Waals surface area contributed by atoms with Crippen molar-refractivity contribution >= 4 is 23.4 Å². The van der Waals surface area contributed by atoms with Crippen LogP contribution in [0.4, 0.5) is 5.69 Å². The van der Waals surface area contributed by atoms with Crippen molar-refractivity contribution in [2.24, 2.45) is 0 Å². The van der Waals surface area contributed by atoms with Crippen LogP contribution in [0.1, 0.15) is 33.3 Å². The number of amides is 1. The summed E-state index contributed by atoms with van der Waals surface area (Å²) in [6.07, 6.45) is 0. The number of carbonyl (C=O) groups is 1. The second-order valence-electron chi connectivity index (χ2n) is 5.65. The van der Waals surface area contributed by atoms with Crippen LogP contribution >= 0.6 is 11.8 Å². The highest BCUT2D eigenvalue weighted by atomic mass is 32.2. The van der Waals surface area contributed by atoms with Gasteiger partial charge in [0.1, 0.15) is 0 Å². The summed E-state index contributed by atoms with van der Waals surface area (Å²) < 4.78 is -0.407. The second kappa shape index (κ2) is 4.28. The molecule has 1 aromatic rings. The molecule has 1 aliphatic heterocycles. The van der Waals surface area contributed by atoms with E-state index in [0.717, 1.165) is 10.6 Å². The minimum absolute atomic E-state index is 0.0683. The Morgan fingerprint density at radius 2 is 2.00 bits per heavy atom. The molecule has 0 aromatic heterocycles. The molecule has 1 aliphatic rings. The van der Waals surface area contributed by atoms with Gasteiger partial charge >= 0.3 is 0 Å². The Morgan fingerprint density at radius 3 is 2.61 bits per heavy atom. The third-order valence-electron chi connectivity index (χ3n) is 3.49. The van der Waals surface area contributed by atoms with E-state index in [-0.39, 0.29) is 11.4 Å². The molecular weight excluding hydrogens is 244 g/mol. The Bertz CT molecular complexity index is 495. The maximum atomic E-state index is 11.9. The van der Waals surface area contributed by atoms with Gasteiger partial charge in [-0.2, -0.15) is 0 Å². The van der Waals surface area contributed by atoms with Gasteiger partial charge in [-0.05, 0) is 52.4 Å². The van der Waals surface area contributed by atoms with Crippen LogP contribution in [0, 0.1) is 0 Å². The number of benzene rings is 1. The predicted octanol–water partition coefficient (Wildman–Crippen LogP) is 2.96. The predicted molar refractivity (Wildman–Crippen MR) is 77.1 cm³/mol. The second-order valence-corrected chi connectivity index (χ2v) is 7.32. The lowest BCUT2D eigenvalue weighted by Gasteiger charge is -2.32. The zero-order chi connectivity index (χ0) is 13.6. The van der Waals surface area contributed by atoms with Gasteiger partial charge in [-0.1, -0.05) is 6.07 Å². The maximum Gasteiger partial charge on any atom is 0.240 e. The minimum Gasteiger partial charge on any atom is -0.324 e. The summed E-state index contributed by atoms with van der Waals surface area (Å²) in [5.41, 5.74) is 2.07. The zero-order valence-corrected chi connectivity index (χ0v) is 12.4. The zero-order valence-electron chi connectivity index (χ0n) is 11.5. The summed E-state index contributed by atoms with van der Waals surface area (Å²) in [4.78, 5) is 13.0. The molecule has 4 heteroatoms. The highest BCUT2D eigenvalue weighted by Crippen LogP contribution is 2.43. The number of anilines is 1. The molecule has 18 heavy (non-hydrogen) atoms. The fraction of sp³-hybridized carbons (Fsp3) is 0.500. The van der Waals surface area contributed by atoms with Crippen molar-refractivity contribution in [3.63, 3.8) is 0 Å². The molecule has 0 saturated heterocycles. The topological polar surface area (TPSA) is 41.1 Å². The van der Waals surface area contributed by atoms with Crippen molar-refractivity contribution in [1.82, 2.24) is 5.32 Å². The summed E-state index contributed by atoms with van der Waals surface area (Å²) in [5, 5.41) is 6.26. The molecular formula is C14H20N2OS. The van der Waals surface area contributed by atoms with Crippen LogP contribution < -0.4 is 10.6 Å². The number of rotatable bonds is 2. The number of nitrogens with one attached hydrogen (secondary N) is 2. The van der Waals surface area contributed by atoms with E-state index in [1.807, 2.05) is 27.0 Å². The first-order valence-corrected chi connectivity index (χ1v) is 6.92. The first kappa shape index (κ1) is 13.4. The van der Waals surface area contributed by atoms with Gasteiger partial charge < -0.3 is 10.6 Å². The van der Waals surface area contributed by atoms with E-state index in [9.17, 15) is 4.79 Å². The largest absolute Gasteiger partial charge is 0.324 e. The molecule has 0 aliphatic carbocycles. The Morgan fingerprint density at radius 1 is 1.33 bits per heavy atom. The molecule has 0 bridgehead atoms. The molecule has 1 heterocycles. The molecule has 0 radical (unpaired) electrons. The SMILES string of the molecule is CNC(C)(C)c1ccc2c(c1)SC(C)(C)C(=O)N2. The Hall–Kier alpha value is -1.00. The number of hydrogen-bond donors (Lipinski definition) is 2. The molecule has 0 fully saturated rings. The fourth-order valence-corrected chi connectivity index (χ4v) is 2.95. The maximum absolute atomic E-state index is 11.9. The molecule has 98 valence electrons. The summed E-state index contributed by atoms with van der Waals surface area (Å²) in [6, 6.07) is 6.22. The first-order valence-electron chi connectivity index (χ1n) is 6.10. The van der Waals surface area contributed by atoms with E-state index in [4.69, 9.17) is 0 Å². The number of fused-ring (bicyclic) bond motifs is 1. The number of hydrogen-bond acceptors (Lipinski definition) is 3. The van der Waals surface area contributed by atoms with Crippen LogP contribution in [0.15, 0.2) is 23.1 Å². The average Bonchev–Trinajstić information content (AvgIpc) is 2.29. The standard InChI is InChI=1S/C14H20N2OS/c1-13(2,15-5)9-6-7-10-11(8-9)18-14(3,4)12(17)16-10/h6-8,15H,1-5H3,(H,16,17). The van der Waals surface area contributed by atoms with Gasteiger partial charge in [-0.3, -0.25) is 4.79 Å². The van der Waals surface area contributed by atoms with E-state index in [0.29, 0.717) is 0 Å². The lowest BCUT2D eigenvalue weighted by molar-refractivity contribution is -0.117. The molecule has 0 saturated carbocycles. The highest BCUT2D eigenvalue weighted by Gasteiger charge is 2.35. The van der Waals surface area contributed by atoms with E-state index in [1.54, 1.807) is 11.8 Å². The van der Waals surface area contributed by atoms with Gasteiger partial charge in [0.25, 0.3) is 0 Å². The van der Waals surface area contributed by atoms with Crippen LogP contribution in [0.25, 0.3) is 0 Å². The molecule has 2 rings (SSSR count). The van der Waals surface area contributed by atoms with Crippen LogP contribution in [-0.2, 0) is 10.3 Å². The van der Waals surface area contributed by atoms with E-state index >= 15 is 0 Å². The van der Waals surface area contributed by atoms with Crippen molar-refractivity contribution in [1.29, 1.82) is 0 Å². The first-order chi connectivity index (χ1) is 8.26. The molecule has 0 spiro atoms. The van der Waals surface area contributed by atoms with Gasteiger partial charge in [-0.15, -0.1) is 11.8 Å². The highest BCUT2D eigenvalue weighted by molar-refractivity contribution is 8.01. The Balaban J connectivity index is 2.43. The average molecular weight is 264 g/mol. The van der Waals surface area contributed by atoms with Gasteiger partial charge in [-0.25, -0.2) is 0 Å². The Kier molecular flexibility index (Phi) is 3.19. The third kappa shape index (κ3) is 2.27. The molecule has 1 amide bonds. The summed E-state index contributed by atoms with van der Waals surface area (Å²) in [5.74, 6) is 0.0700. The quantitative estimate of drug-likeness (QED) is 0.863.